The third-order valence-corrected chi connectivity index (χ3v) is 5.10. The number of carbonyl (C=O) groups excluding carboxylic acids is 1. The van der Waals surface area contributed by atoms with Gasteiger partial charge in [-0.25, -0.2) is 0 Å². The van der Waals surface area contributed by atoms with Crippen molar-refractivity contribution in [2.45, 2.75) is 52.6 Å². The second kappa shape index (κ2) is 6.14. The summed E-state index contributed by atoms with van der Waals surface area (Å²) in [5.41, 5.74) is -1.77. The van der Waals surface area contributed by atoms with E-state index >= 15 is 0 Å². The number of amides is 1. The Morgan fingerprint density at radius 3 is 2.46 bits per heavy atom. The van der Waals surface area contributed by atoms with Crippen LogP contribution in [-0.2, 0) is 11.3 Å². The van der Waals surface area contributed by atoms with Gasteiger partial charge in [0.15, 0.2) is 0 Å². The summed E-state index contributed by atoms with van der Waals surface area (Å²) in [5.74, 6) is -1.76. The number of halogens is 4. The van der Waals surface area contributed by atoms with Crippen LogP contribution in [0.3, 0.4) is 0 Å². The topological polar surface area (TPSA) is 70.7 Å². The SMILES string of the molecule is CC1=NN(C(=O)[C@H](C)Cn2nc(C)c(Br)c2C)[C@](O)(C(F)(F)F)C1. The van der Waals surface area contributed by atoms with E-state index in [-0.39, 0.29) is 17.3 Å². The molecule has 10 heteroatoms. The van der Waals surface area contributed by atoms with E-state index in [4.69, 9.17) is 0 Å². The van der Waals surface area contributed by atoms with Gasteiger partial charge in [-0.1, -0.05) is 6.92 Å². The van der Waals surface area contributed by atoms with Gasteiger partial charge >= 0.3 is 6.18 Å². The van der Waals surface area contributed by atoms with Crippen LogP contribution in [0.15, 0.2) is 9.57 Å². The maximum absolute atomic E-state index is 13.2. The highest BCUT2D eigenvalue weighted by molar-refractivity contribution is 9.10. The van der Waals surface area contributed by atoms with Crippen molar-refractivity contribution in [2.24, 2.45) is 11.0 Å². The normalized spacial score (nSPS) is 22.7. The van der Waals surface area contributed by atoms with Crippen LogP contribution in [-0.4, -0.2) is 43.4 Å². The molecule has 1 amide bonds. The van der Waals surface area contributed by atoms with Crippen LogP contribution in [0.25, 0.3) is 0 Å². The molecule has 0 aliphatic carbocycles. The fourth-order valence-corrected chi connectivity index (χ4v) is 2.86. The average Bonchev–Trinajstić information content (AvgIpc) is 2.90. The summed E-state index contributed by atoms with van der Waals surface area (Å²) in [6.45, 7) is 6.46. The molecule has 0 spiro atoms. The summed E-state index contributed by atoms with van der Waals surface area (Å²) < 4.78 is 41.9. The van der Waals surface area contributed by atoms with Gasteiger partial charge in [0.2, 0.25) is 5.91 Å². The first-order valence-corrected chi connectivity index (χ1v) is 8.04. The number of aromatic nitrogens is 2. The summed E-state index contributed by atoms with van der Waals surface area (Å²) >= 11 is 3.36. The van der Waals surface area contributed by atoms with Gasteiger partial charge in [-0.3, -0.25) is 9.48 Å². The van der Waals surface area contributed by atoms with Gasteiger partial charge in [-0.05, 0) is 36.7 Å². The van der Waals surface area contributed by atoms with E-state index in [2.05, 4.69) is 26.1 Å². The molecule has 1 aromatic rings. The molecular formula is C14H18BrF3N4O2. The van der Waals surface area contributed by atoms with Crippen LogP contribution in [0, 0.1) is 19.8 Å². The Kier molecular flexibility index (Phi) is 4.84. The van der Waals surface area contributed by atoms with Gasteiger partial charge in [0, 0.05) is 17.8 Å². The van der Waals surface area contributed by atoms with Crippen molar-refractivity contribution in [3.63, 3.8) is 0 Å². The highest BCUT2D eigenvalue weighted by Gasteiger charge is 2.63. The molecule has 6 nitrogen and oxygen atoms in total. The van der Waals surface area contributed by atoms with Crippen molar-refractivity contribution in [1.29, 1.82) is 0 Å². The Morgan fingerprint density at radius 1 is 1.42 bits per heavy atom. The van der Waals surface area contributed by atoms with Crippen molar-refractivity contribution in [3.05, 3.63) is 15.9 Å². The number of hydrogen-bond acceptors (Lipinski definition) is 4. The summed E-state index contributed by atoms with van der Waals surface area (Å²) in [5, 5.41) is 18.0. The molecule has 0 unspecified atom stereocenters. The molecule has 0 saturated carbocycles. The maximum atomic E-state index is 13.2. The number of carbonyl (C=O) groups is 1. The van der Waals surface area contributed by atoms with Crippen molar-refractivity contribution in [1.82, 2.24) is 14.8 Å². The Morgan fingerprint density at radius 2 is 2.00 bits per heavy atom. The summed E-state index contributed by atoms with van der Waals surface area (Å²) in [6, 6.07) is 0. The molecule has 0 bridgehead atoms. The van der Waals surface area contributed by atoms with Crippen LogP contribution in [0.4, 0.5) is 13.2 Å². The van der Waals surface area contributed by atoms with Gasteiger partial charge in [-0.2, -0.15) is 28.4 Å². The first-order valence-electron chi connectivity index (χ1n) is 7.25. The van der Waals surface area contributed by atoms with Crippen LogP contribution in [0.2, 0.25) is 0 Å². The predicted molar refractivity (Wildman–Crippen MR) is 84.1 cm³/mol. The van der Waals surface area contributed by atoms with Crippen molar-refractivity contribution in [2.75, 3.05) is 0 Å². The number of nitrogens with zero attached hydrogens (tertiary/aromatic N) is 4. The van der Waals surface area contributed by atoms with Gasteiger partial charge in [0.05, 0.1) is 22.6 Å². The Bertz CT molecular complexity index is 701. The number of hydrazone groups is 1. The minimum atomic E-state index is -5.00. The minimum absolute atomic E-state index is 0.0456. The molecule has 134 valence electrons. The molecule has 24 heavy (non-hydrogen) atoms. The van der Waals surface area contributed by atoms with Crippen LogP contribution in [0.5, 0.6) is 0 Å². The van der Waals surface area contributed by atoms with Gasteiger partial charge in [0.1, 0.15) is 0 Å². The monoisotopic (exact) mass is 410 g/mol. The Hall–Kier alpha value is -1.42. The largest absolute Gasteiger partial charge is 0.438 e. The summed E-state index contributed by atoms with van der Waals surface area (Å²) in [6.07, 6.45) is -5.74. The smallest absolute Gasteiger partial charge is 0.362 e. The molecule has 0 saturated heterocycles. The lowest BCUT2D eigenvalue weighted by molar-refractivity contribution is -0.303. The van der Waals surface area contributed by atoms with E-state index < -0.39 is 30.1 Å². The van der Waals surface area contributed by atoms with Crippen LogP contribution < -0.4 is 0 Å². The average molecular weight is 411 g/mol. The standard InChI is InChI=1S/C14H18BrF3N4O2/c1-7(6-21-10(4)11(15)9(3)20-21)12(23)22-13(24,14(16,17)18)5-8(2)19-22/h7,24H,5-6H2,1-4H3/t7-,13-/m1/s1. The van der Waals surface area contributed by atoms with Crippen molar-refractivity contribution in [3.8, 4) is 0 Å². The Labute approximate surface area is 145 Å². The molecular weight excluding hydrogens is 393 g/mol. The summed E-state index contributed by atoms with van der Waals surface area (Å²) in [7, 11) is 0. The lowest BCUT2D eigenvalue weighted by Gasteiger charge is -2.34. The number of hydrogen-bond donors (Lipinski definition) is 1. The number of aliphatic hydroxyl groups is 1. The Balaban J connectivity index is 2.25. The first-order chi connectivity index (χ1) is 10.9. The van der Waals surface area contributed by atoms with Gasteiger partial charge < -0.3 is 5.11 Å². The third-order valence-electron chi connectivity index (χ3n) is 3.95. The molecule has 1 N–H and O–H groups in total. The van der Waals surface area contributed by atoms with E-state index in [0.717, 1.165) is 10.2 Å². The fourth-order valence-electron chi connectivity index (χ4n) is 2.57. The summed E-state index contributed by atoms with van der Waals surface area (Å²) in [4.78, 5) is 12.5. The lowest BCUT2D eigenvalue weighted by atomic mass is 10.0. The zero-order valence-electron chi connectivity index (χ0n) is 13.6. The number of alkyl halides is 3. The molecule has 1 aliphatic heterocycles. The molecule has 2 heterocycles. The zero-order chi connectivity index (χ0) is 18.4. The van der Waals surface area contributed by atoms with Crippen LogP contribution in [0.1, 0.15) is 31.7 Å². The van der Waals surface area contributed by atoms with E-state index in [0.29, 0.717) is 5.69 Å². The molecule has 0 fully saturated rings. The number of rotatable bonds is 3. The second-order valence-electron chi connectivity index (χ2n) is 6.04. The third kappa shape index (κ3) is 3.08. The van der Waals surface area contributed by atoms with Gasteiger partial charge in [-0.15, -0.1) is 0 Å². The van der Waals surface area contributed by atoms with Crippen molar-refractivity contribution >= 4 is 27.5 Å². The lowest BCUT2D eigenvalue weighted by Crippen LogP contribution is -2.57. The van der Waals surface area contributed by atoms with E-state index in [1.165, 1.54) is 13.8 Å². The number of aryl methyl sites for hydroxylation is 1. The zero-order valence-corrected chi connectivity index (χ0v) is 15.2. The fraction of sp³-hybridized carbons (Fsp3) is 0.643. The molecule has 2 atom stereocenters. The van der Waals surface area contributed by atoms with Crippen LogP contribution >= 0.6 is 15.9 Å². The minimum Gasteiger partial charge on any atom is -0.362 e. The molecule has 1 aromatic heterocycles. The highest BCUT2D eigenvalue weighted by atomic mass is 79.9. The van der Waals surface area contributed by atoms with E-state index in [1.807, 2.05) is 0 Å². The van der Waals surface area contributed by atoms with Gasteiger partial charge in [0.25, 0.3) is 5.72 Å². The molecule has 0 radical (unpaired) electrons. The maximum Gasteiger partial charge on any atom is 0.438 e. The molecule has 2 rings (SSSR count). The predicted octanol–water partition coefficient (Wildman–Crippen LogP) is 2.76. The van der Waals surface area contributed by atoms with E-state index in [9.17, 15) is 23.1 Å². The molecule has 1 aliphatic rings. The quantitative estimate of drug-likeness (QED) is 0.832. The molecule has 0 aromatic carbocycles. The van der Waals surface area contributed by atoms with E-state index in [1.54, 1.807) is 18.5 Å². The highest BCUT2D eigenvalue weighted by Crippen LogP contribution is 2.40. The first kappa shape index (κ1) is 18.9. The van der Waals surface area contributed by atoms with Crippen molar-refractivity contribution < 1.29 is 23.1 Å². The second-order valence-corrected chi connectivity index (χ2v) is 6.84.